The molecule has 1 rings (SSSR count). The molecule has 0 amide bonds. The molecule has 4 nitrogen and oxygen atoms in total. The molecule has 2 N–H and O–H groups in total. The highest BCUT2D eigenvalue weighted by molar-refractivity contribution is 4.80. The molecule has 0 aromatic carbocycles. The van der Waals surface area contributed by atoms with E-state index in [4.69, 9.17) is 14.6 Å². The smallest absolute Gasteiger partial charge is 0.157 e. The van der Waals surface area contributed by atoms with Gasteiger partial charge in [-0.05, 0) is 6.92 Å². The fourth-order valence-corrected chi connectivity index (χ4v) is 1.26. The first kappa shape index (κ1) is 8.93. The summed E-state index contributed by atoms with van der Waals surface area (Å²) in [7, 11) is 1.51. The fraction of sp³-hybridized carbons (Fsp3) is 1.00. The Hall–Kier alpha value is -0.160. The fourth-order valence-electron chi connectivity index (χ4n) is 1.26. The van der Waals surface area contributed by atoms with E-state index in [0.29, 0.717) is 6.42 Å². The molecule has 0 bridgehead atoms. The number of rotatable bonds is 1. The van der Waals surface area contributed by atoms with E-state index >= 15 is 0 Å². The summed E-state index contributed by atoms with van der Waals surface area (Å²) in [6.07, 6.45) is -1.78. The van der Waals surface area contributed by atoms with Crippen molar-refractivity contribution < 1.29 is 19.7 Å². The van der Waals surface area contributed by atoms with Crippen LogP contribution in [0.2, 0.25) is 0 Å². The normalized spacial score (nSPS) is 45.8. The first-order valence-electron chi connectivity index (χ1n) is 3.69. The summed E-state index contributed by atoms with van der Waals surface area (Å²) in [6.45, 7) is 1.71. The zero-order valence-corrected chi connectivity index (χ0v) is 6.73. The first-order chi connectivity index (χ1) is 5.15. The monoisotopic (exact) mass is 162 g/mol. The van der Waals surface area contributed by atoms with Crippen LogP contribution in [0.3, 0.4) is 0 Å². The molecule has 1 fully saturated rings. The molecular weight excluding hydrogens is 148 g/mol. The van der Waals surface area contributed by atoms with Crippen LogP contribution in [0.1, 0.15) is 13.3 Å². The van der Waals surface area contributed by atoms with Gasteiger partial charge < -0.3 is 19.7 Å². The molecule has 11 heavy (non-hydrogen) atoms. The van der Waals surface area contributed by atoms with E-state index in [1.165, 1.54) is 7.11 Å². The second-order valence-corrected chi connectivity index (χ2v) is 2.80. The predicted molar refractivity (Wildman–Crippen MR) is 38.0 cm³/mol. The number of aliphatic hydroxyl groups is 2. The van der Waals surface area contributed by atoms with Crippen LogP contribution in [-0.2, 0) is 9.47 Å². The Kier molecular flexibility index (Phi) is 2.84. The average molecular weight is 162 g/mol. The van der Waals surface area contributed by atoms with Crippen molar-refractivity contribution >= 4 is 0 Å². The van der Waals surface area contributed by atoms with E-state index in [1.54, 1.807) is 6.92 Å². The van der Waals surface area contributed by atoms with Gasteiger partial charge in [0.15, 0.2) is 6.29 Å². The number of aliphatic hydroxyl groups excluding tert-OH is 2. The summed E-state index contributed by atoms with van der Waals surface area (Å²) in [5.74, 6) is 0. The van der Waals surface area contributed by atoms with Gasteiger partial charge in [0.2, 0.25) is 0 Å². The lowest BCUT2D eigenvalue weighted by Gasteiger charge is -2.34. The summed E-state index contributed by atoms with van der Waals surface area (Å²) in [5, 5.41) is 18.5. The topological polar surface area (TPSA) is 58.9 Å². The molecule has 0 unspecified atom stereocenters. The van der Waals surface area contributed by atoms with Crippen molar-refractivity contribution in [2.75, 3.05) is 7.11 Å². The minimum Gasteiger partial charge on any atom is -0.388 e. The van der Waals surface area contributed by atoms with Gasteiger partial charge in [0.05, 0.1) is 12.2 Å². The Bertz CT molecular complexity index is 128. The Morgan fingerprint density at radius 3 is 2.64 bits per heavy atom. The molecule has 0 aromatic rings. The van der Waals surface area contributed by atoms with Gasteiger partial charge in [0, 0.05) is 13.5 Å². The number of hydrogen-bond acceptors (Lipinski definition) is 4. The average Bonchev–Trinajstić information content (AvgIpc) is 1.96. The van der Waals surface area contributed by atoms with E-state index in [1.807, 2.05) is 0 Å². The van der Waals surface area contributed by atoms with Gasteiger partial charge >= 0.3 is 0 Å². The maximum atomic E-state index is 9.39. The Morgan fingerprint density at radius 1 is 1.45 bits per heavy atom. The van der Waals surface area contributed by atoms with Gasteiger partial charge in [-0.15, -0.1) is 0 Å². The summed E-state index contributed by atoms with van der Waals surface area (Å²) < 4.78 is 9.91. The van der Waals surface area contributed by atoms with Gasteiger partial charge in [-0.25, -0.2) is 0 Å². The maximum absolute atomic E-state index is 9.39. The third-order valence-corrected chi connectivity index (χ3v) is 1.97. The van der Waals surface area contributed by atoms with E-state index in [-0.39, 0.29) is 12.2 Å². The molecule has 0 aromatic heterocycles. The third-order valence-electron chi connectivity index (χ3n) is 1.97. The number of hydrogen-bond donors (Lipinski definition) is 2. The van der Waals surface area contributed by atoms with Crippen molar-refractivity contribution in [3.8, 4) is 0 Å². The SMILES string of the molecule is CO[C@@H]1C[C@@H](O)O[C@@H](C)[C@@H]1O. The predicted octanol–water partition coefficient (Wildman–Crippen LogP) is -0.510. The lowest BCUT2D eigenvalue weighted by atomic mass is 10.0. The zero-order chi connectivity index (χ0) is 8.43. The number of ether oxygens (including phenoxy) is 2. The van der Waals surface area contributed by atoms with E-state index in [9.17, 15) is 5.11 Å². The van der Waals surface area contributed by atoms with Gasteiger partial charge in [0.1, 0.15) is 6.10 Å². The van der Waals surface area contributed by atoms with Crippen LogP contribution in [0.25, 0.3) is 0 Å². The van der Waals surface area contributed by atoms with E-state index in [0.717, 1.165) is 0 Å². The Morgan fingerprint density at radius 2 is 2.09 bits per heavy atom. The minimum absolute atomic E-state index is 0.311. The lowest BCUT2D eigenvalue weighted by Crippen LogP contribution is -2.47. The van der Waals surface area contributed by atoms with Crippen molar-refractivity contribution in [1.29, 1.82) is 0 Å². The van der Waals surface area contributed by atoms with Crippen molar-refractivity contribution in [2.24, 2.45) is 0 Å². The van der Waals surface area contributed by atoms with E-state index in [2.05, 4.69) is 0 Å². The highest BCUT2D eigenvalue weighted by atomic mass is 16.6. The van der Waals surface area contributed by atoms with Crippen molar-refractivity contribution in [3.63, 3.8) is 0 Å². The molecule has 0 radical (unpaired) electrons. The largest absolute Gasteiger partial charge is 0.388 e. The Labute approximate surface area is 65.7 Å². The van der Waals surface area contributed by atoms with Crippen LogP contribution < -0.4 is 0 Å². The molecule has 0 aliphatic carbocycles. The highest BCUT2D eigenvalue weighted by Crippen LogP contribution is 2.20. The summed E-state index contributed by atoms with van der Waals surface area (Å²) in [4.78, 5) is 0. The lowest BCUT2D eigenvalue weighted by molar-refractivity contribution is -0.231. The first-order valence-corrected chi connectivity index (χ1v) is 3.69. The molecule has 66 valence electrons. The Balaban J connectivity index is 2.51. The molecule has 4 atom stereocenters. The van der Waals surface area contributed by atoms with Crippen molar-refractivity contribution in [1.82, 2.24) is 0 Å². The molecule has 1 saturated heterocycles. The zero-order valence-electron chi connectivity index (χ0n) is 6.73. The number of methoxy groups -OCH3 is 1. The minimum atomic E-state index is -0.807. The van der Waals surface area contributed by atoms with Crippen LogP contribution in [-0.4, -0.2) is 41.9 Å². The van der Waals surface area contributed by atoms with Crippen LogP contribution in [0, 0.1) is 0 Å². The van der Waals surface area contributed by atoms with Crippen LogP contribution >= 0.6 is 0 Å². The van der Waals surface area contributed by atoms with Crippen molar-refractivity contribution in [2.45, 2.75) is 37.9 Å². The van der Waals surface area contributed by atoms with E-state index < -0.39 is 12.4 Å². The van der Waals surface area contributed by atoms with Gasteiger partial charge in [-0.3, -0.25) is 0 Å². The molecule has 0 saturated carbocycles. The summed E-state index contributed by atoms with van der Waals surface area (Å²) in [5.41, 5.74) is 0. The van der Waals surface area contributed by atoms with Crippen LogP contribution in [0.4, 0.5) is 0 Å². The van der Waals surface area contributed by atoms with Gasteiger partial charge in [-0.1, -0.05) is 0 Å². The standard InChI is InChI=1S/C7H14O4/c1-4-7(9)5(10-2)3-6(8)11-4/h4-9H,3H2,1-2H3/t4-,5+,6-,7-/m0/s1. The molecule has 1 heterocycles. The third kappa shape index (κ3) is 1.90. The molecule has 1 aliphatic heterocycles. The summed E-state index contributed by atoms with van der Waals surface area (Å²) in [6, 6.07) is 0. The molecule has 4 heteroatoms. The maximum Gasteiger partial charge on any atom is 0.157 e. The van der Waals surface area contributed by atoms with Gasteiger partial charge in [-0.2, -0.15) is 0 Å². The van der Waals surface area contributed by atoms with Gasteiger partial charge in [0.25, 0.3) is 0 Å². The molecule has 0 spiro atoms. The van der Waals surface area contributed by atoms with Crippen LogP contribution in [0.15, 0.2) is 0 Å². The van der Waals surface area contributed by atoms with Crippen LogP contribution in [0.5, 0.6) is 0 Å². The summed E-state index contributed by atoms with van der Waals surface area (Å²) >= 11 is 0. The second-order valence-electron chi connectivity index (χ2n) is 2.80. The highest BCUT2D eigenvalue weighted by Gasteiger charge is 2.34. The quantitative estimate of drug-likeness (QED) is 0.545. The van der Waals surface area contributed by atoms with Crippen molar-refractivity contribution in [3.05, 3.63) is 0 Å². The molecular formula is C7H14O4. The second kappa shape index (κ2) is 3.49. The molecule has 1 aliphatic rings.